The molecule has 0 bridgehead atoms. The van der Waals surface area contributed by atoms with Crippen LogP contribution in [0.15, 0.2) is 27.6 Å². The molecule has 0 amide bonds. The van der Waals surface area contributed by atoms with E-state index >= 15 is 0 Å². The second kappa shape index (κ2) is 4.62. The van der Waals surface area contributed by atoms with E-state index in [4.69, 9.17) is 10.9 Å². The van der Waals surface area contributed by atoms with Crippen LogP contribution in [0.2, 0.25) is 0 Å². The summed E-state index contributed by atoms with van der Waals surface area (Å²) in [6.45, 7) is 3.75. The largest absolute Gasteiger partial charge is 0.397 e. The number of sulfonamides is 1. The Kier molecular flexibility index (Phi) is 3.41. The van der Waals surface area contributed by atoms with Crippen molar-refractivity contribution in [2.75, 3.05) is 5.73 Å². The maximum atomic E-state index is 11.3. The molecule has 1 aromatic heterocycles. The molecule has 102 valence electrons. The van der Waals surface area contributed by atoms with Crippen molar-refractivity contribution in [1.82, 2.24) is 9.78 Å². The van der Waals surface area contributed by atoms with E-state index in [1.807, 2.05) is 13.8 Å². The van der Waals surface area contributed by atoms with Gasteiger partial charge in [-0.05, 0) is 48.0 Å². The van der Waals surface area contributed by atoms with Gasteiger partial charge in [-0.25, -0.2) is 18.2 Å². The molecular formula is C11H13BrN4O2S. The van der Waals surface area contributed by atoms with Crippen molar-refractivity contribution >= 4 is 31.6 Å². The van der Waals surface area contributed by atoms with Gasteiger partial charge in [0.1, 0.15) is 0 Å². The van der Waals surface area contributed by atoms with E-state index in [9.17, 15) is 8.42 Å². The van der Waals surface area contributed by atoms with Crippen LogP contribution in [0, 0.1) is 13.8 Å². The van der Waals surface area contributed by atoms with Crippen molar-refractivity contribution in [1.29, 1.82) is 0 Å². The Bertz CT molecular complexity index is 752. The van der Waals surface area contributed by atoms with Crippen molar-refractivity contribution < 1.29 is 8.42 Å². The highest BCUT2D eigenvalue weighted by Gasteiger charge is 2.15. The van der Waals surface area contributed by atoms with Gasteiger partial charge < -0.3 is 5.73 Å². The van der Waals surface area contributed by atoms with Gasteiger partial charge in [-0.1, -0.05) is 0 Å². The number of primary sulfonamides is 1. The first-order valence-corrected chi connectivity index (χ1v) is 7.70. The molecule has 19 heavy (non-hydrogen) atoms. The van der Waals surface area contributed by atoms with Crippen LogP contribution in [0.1, 0.15) is 11.4 Å². The molecule has 8 heteroatoms. The van der Waals surface area contributed by atoms with Crippen molar-refractivity contribution in [3.63, 3.8) is 0 Å². The molecule has 0 fully saturated rings. The number of halogens is 1. The number of aromatic nitrogens is 2. The predicted molar refractivity (Wildman–Crippen MR) is 76.5 cm³/mol. The van der Waals surface area contributed by atoms with E-state index < -0.39 is 10.0 Å². The first-order valence-electron chi connectivity index (χ1n) is 5.36. The highest BCUT2D eigenvalue weighted by atomic mass is 79.9. The number of aryl methyl sites for hydroxylation is 1. The molecule has 6 nitrogen and oxygen atoms in total. The molecule has 0 aliphatic carbocycles. The van der Waals surface area contributed by atoms with Crippen LogP contribution in [0.25, 0.3) is 5.69 Å². The highest BCUT2D eigenvalue weighted by Crippen LogP contribution is 2.27. The summed E-state index contributed by atoms with van der Waals surface area (Å²) in [6, 6.07) is 4.32. The fourth-order valence-corrected chi connectivity index (χ4v) is 2.56. The van der Waals surface area contributed by atoms with E-state index in [0.29, 0.717) is 11.4 Å². The molecule has 4 N–H and O–H groups in total. The molecule has 0 atom stereocenters. The molecule has 0 radical (unpaired) electrons. The maximum absolute atomic E-state index is 11.3. The van der Waals surface area contributed by atoms with Gasteiger partial charge in [0.25, 0.3) is 0 Å². The van der Waals surface area contributed by atoms with E-state index in [-0.39, 0.29) is 4.90 Å². The minimum Gasteiger partial charge on any atom is -0.397 e. The summed E-state index contributed by atoms with van der Waals surface area (Å²) in [5.74, 6) is 0. The number of hydrogen-bond acceptors (Lipinski definition) is 4. The van der Waals surface area contributed by atoms with Gasteiger partial charge in [0, 0.05) is 0 Å². The average molecular weight is 345 g/mol. The molecule has 1 aromatic carbocycles. The fraction of sp³-hybridized carbons (Fsp3) is 0.182. The zero-order chi connectivity index (χ0) is 14.4. The van der Waals surface area contributed by atoms with Gasteiger partial charge in [-0.3, -0.25) is 0 Å². The lowest BCUT2D eigenvalue weighted by Crippen LogP contribution is -2.13. The molecule has 2 aromatic rings. The summed E-state index contributed by atoms with van der Waals surface area (Å²) in [5, 5.41) is 9.40. The van der Waals surface area contributed by atoms with Gasteiger partial charge >= 0.3 is 0 Å². The maximum Gasteiger partial charge on any atom is 0.238 e. The first kappa shape index (κ1) is 14.0. The van der Waals surface area contributed by atoms with E-state index in [1.165, 1.54) is 12.1 Å². The Hall–Kier alpha value is -1.38. The molecule has 0 aliphatic heterocycles. The number of nitrogen functional groups attached to an aromatic ring is 1. The second-order valence-corrected chi connectivity index (χ2v) is 6.52. The van der Waals surface area contributed by atoms with Crippen LogP contribution < -0.4 is 10.9 Å². The molecule has 2 rings (SSSR count). The van der Waals surface area contributed by atoms with Gasteiger partial charge in [0.15, 0.2) is 0 Å². The number of nitrogens with zero attached hydrogens (tertiary/aromatic N) is 2. The Balaban J connectivity index is 2.62. The molecule has 0 aliphatic rings. The smallest absolute Gasteiger partial charge is 0.238 e. The third-order valence-corrected chi connectivity index (χ3v) is 4.82. The summed E-state index contributed by atoms with van der Waals surface area (Å²) in [6.07, 6.45) is 0. The summed E-state index contributed by atoms with van der Waals surface area (Å²) >= 11 is 3.43. The minimum absolute atomic E-state index is 0.0191. The Morgan fingerprint density at radius 2 is 1.95 bits per heavy atom. The van der Waals surface area contributed by atoms with Crippen molar-refractivity contribution in [2.24, 2.45) is 5.14 Å². The van der Waals surface area contributed by atoms with Gasteiger partial charge in [0.2, 0.25) is 10.0 Å². The van der Waals surface area contributed by atoms with E-state index in [1.54, 1.807) is 10.7 Å². The number of hydrogen-bond donors (Lipinski definition) is 2. The van der Waals surface area contributed by atoms with E-state index in [2.05, 4.69) is 21.0 Å². The number of rotatable bonds is 2. The fourth-order valence-electron chi connectivity index (χ4n) is 1.76. The van der Waals surface area contributed by atoms with Crippen LogP contribution in [0.5, 0.6) is 0 Å². The quantitative estimate of drug-likeness (QED) is 0.805. The third kappa shape index (κ3) is 2.51. The van der Waals surface area contributed by atoms with Crippen LogP contribution in [-0.4, -0.2) is 18.2 Å². The molecule has 0 spiro atoms. The molecule has 0 saturated heterocycles. The van der Waals surface area contributed by atoms with Crippen molar-refractivity contribution in [3.05, 3.63) is 34.1 Å². The van der Waals surface area contributed by atoms with Crippen molar-refractivity contribution in [3.8, 4) is 5.69 Å². The first-order chi connectivity index (χ1) is 8.71. The molecule has 0 saturated carbocycles. The standard InChI is InChI=1S/C11H13BrN4O2S/c1-6-11(12)7(2)16(15-6)10-4-3-8(5-9(10)13)19(14,17)18/h3-5H,13H2,1-2H3,(H2,14,17,18). The Labute approximate surface area is 119 Å². The number of anilines is 1. The van der Waals surface area contributed by atoms with Crippen LogP contribution in [0.3, 0.4) is 0 Å². The van der Waals surface area contributed by atoms with Gasteiger partial charge in [-0.2, -0.15) is 5.10 Å². The number of nitrogens with two attached hydrogens (primary N) is 2. The average Bonchev–Trinajstić information content (AvgIpc) is 2.56. The molecular weight excluding hydrogens is 332 g/mol. The van der Waals surface area contributed by atoms with Gasteiger partial charge in [0.05, 0.1) is 32.1 Å². The third-order valence-electron chi connectivity index (χ3n) is 2.76. The number of benzene rings is 1. The SMILES string of the molecule is Cc1nn(-c2ccc(S(N)(=O)=O)cc2N)c(C)c1Br. The van der Waals surface area contributed by atoms with Crippen molar-refractivity contribution in [2.45, 2.75) is 18.7 Å². The zero-order valence-corrected chi connectivity index (χ0v) is 12.8. The zero-order valence-electron chi connectivity index (χ0n) is 10.4. The Morgan fingerprint density at radius 3 is 2.37 bits per heavy atom. The Morgan fingerprint density at radius 1 is 1.32 bits per heavy atom. The van der Waals surface area contributed by atoms with Crippen LogP contribution in [0.4, 0.5) is 5.69 Å². The van der Waals surface area contributed by atoms with Gasteiger partial charge in [-0.15, -0.1) is 0 Å². The van der Waals surface area contributed by atoms with Crippen LogP contribution in [-0.2, 0) is 10.0 Å². The normalized spacial score (nSPS) is 11.8. The second-order valence-electron chi connectivity index (χ2n) is 4.16. The summed E-state index contributed by atoms with van der Waals surface area (Å²) in [4.78, 5) is -0.0191. The van der Waals surface area contributed by atoms with Crippen LogP contribution >= 0.6 is 15.9 Å². The monoisotopic (exact) mass is 344 g/mol. The minimum atomic E-state index is -3.76. The topological polar surface area (TPSA) is 104 Å². The lowest BCUT2D eigenvalue weighted by Gasteiger charge is -2.09. The predicted octanol–water partition coefficient (Wildman–Crippen LogP) is 1.48. The molecule has 1 heterocycles. The summed E-state index contributed by atoms with van der Waals surface area (Å²) < 4.78 is 25.0. The van der Waals surface area contributed by atoms with E-state index in [0.717, 1.165) is 15.9 Å². The highest BCUT2D eigenvalue weighted by molar-refractivity contribution is 9.10. The summed E-state index contributed by atoms with van der Waals surface area (Å²) in [5.41, 5.74) is 8.50. The molecule has 0 unspecified atom stereocenters. The summed E-state index contributed by atoms with van der Waals surface area (Å²) in [7, 11) is -3.76. The lowest BCUT2D eigenvalue weighted by molar-refractivity contribution is 0.598. The lowest BCUT2D eigenvalue weighted by atomic mass is 10.2.